The van der Waals surface area contributed by atoms with Crippen molar-refractivity contribution in [2.75, 3.05) is 26.2 Å². The number of carbonyl (C=O) groups is 1. The van der Waals surface area contributed by atoms with Crippen molar-refractivity contribution in [3.63, 3.8) is 0 Å². The van der Waals surface area contributed by atoms with Crippen molar-refractivity contribution in [3.05, 3.63) is 35.4 Å². The number of benzene rings is 1. The topological polar surface area (TPSA) is 58.4 Å². The lowest BCUT2D eigenvalue weighted by Crippen LogP contribution is -2.27. The molecule has 3 N–H and O–H groups in total. The van der Waals surface area contributed by atoms with Crippen LogP contribution in [0.25, 0.3) is 0 Å². The van der Waals surface area contributed by atoms with Crippen LogP contribution in [0.3, 0.4) is 0 Å². The van der Waals surface area contributed by atoms with Gasteiger partial charge in [-0.05, 0) is 56.9 Å². The molecule has 1 amide bonds. The molecule has 0 bridgehead atoms. The molecule has 0 spiro atoms. The van der Waals surface area contributed by atoms with Crippen LogP contribution in [0.5, 0.6) is 0 Å². The van der Waals surface area contributed by atoms with Gasteiger partial charge in [-0.15, -0.1) is 0 Å². The number of likely N-dealkylation sites (tertiary alicyclic amines) is 1. The minimum atomic E-state index is -0.00720. The number of nitrogens with one attached hydrogen (secondary N) is 1. The van der Waals surface area contributed by atoms with Crippen LogP contribution in [0.4, 0.5) is 0 Å². The lowest BCUT2D eigenvalue weighted by molar-refractivity contribution is 0.0951. The third-order valence-electron chi connectivity index (χ3n) is 3.87. The maximum absolute atomic E-state index is 12.1. The van der Waals surface area contributed by atoms with Crippen molar-refractivity contribution in [1.29, 1.82) is 0 Å². The van der Waals surface area contributed by atoms with Crippen LogP contribution in [0.15, 0.2) is 24.3 Å². The molecule has 110 valence electrons. The van der Waals surface area contributed by atoms with E-state index < -0.39 is 0 Å². The highest BCUT2D eigenvalue weighted by atomic mass is 16.1. The Labute approximate surface area is 121 Å². The zero-order chi connectivity index (χ0) is 14.2. The Hall–Kier alpha value is -1.39. The first kappa shape index (κ1) is 15.0. The van der Waals surface area contributed by atoms with Crippen LogP contribution in [0, 0.1) is 0 Å². The molecule has 1 aromatic rings. The van der Waals surface area contributed by atoms with Crippen LogP contribution in [0.2, 0.25) is 0 Å². The summed E-state index contributed by atoms with van der Waals surface area (Å²) >= 11 is 0. The van der Waals surface area contributed by atoms with Gasteiger partial charge in [0.25, 0.3) is 5.91 Å². The maximum Gasteiger partial charge on any atom is 0.251 e. The molecule has 1 fully saturated rings. The first-order valence-corrected chi connectivity index (χ1v) is 7.60. The molecule has 4 heteroatoms. The second kappa shape index (κ2) is 8.02. The van der Waals surface area contributed by atoms with E-state index in [0.717, 1.165) is 31.5 Å². The normalized spacial score (nSPS) is 15.4. The van der Waals surface area contributed by atoms with Gasteiger partial charge >= 0.3 is 0 Å². The molecule has 0 aliphatic carbocycles. The molecule has 1 aliphatic rings. The van der Waals surface area contributed by atoms with E-state index in [1.54, 1.807) is 0 Å². The second-order valence-corrected chi connectivity index (χ2v) is 5.37. The first-order chi connectivity index (χ1) is 9.81. The number of hydrogen-bond donors (Lipinski definition) is 2. The second-order valence-electron chi connectivity index (χ2n) is 5.37. The van der Waals surface area contributed by atoms with Crippen molar-refractivity contribution in [2.45, 2.75) is 32.2 Å². The van der Waals surface area contributed by atoms with Crippen LogP contribution in [-0.4, -0.2) is 37.0 Å². The van der Waals surface area contributed by atoms with Crippen molar-refractivity contribution >= 4 is 5.91 Å². The van der Waals surface area contributed by atoms with E-state index in [1.807, 2.05) is 24.3 Å². The number of amides is 1. The van der Waals surface area contributed by atoms with Crippen LogP contribution >= 0.6 is 0 Å². The number of carbonyl (C=O) groups excluding carboxylic acids is 1. The Kier molecular flexibility index (Phi) is 6.02. The summed E-state index contributed by atoms with van der Waals surface area (Å²) in [5.41, 5.74) is 7.26. The molecule has 4 nitrogen and oxygen atoms in total. The lowest BCUT2D eigenvalue weighted by Gasteiger charge is -2.14. The molecular weight excluding hydrogens is 250 g/mol. The van der Waals surface area contributed by atoms with Gasteiger partial charge < -0.3 is 16.0 Å². The fraction of sp³-hybridized carbons (Fsp3) is 0.562. The molecule has 0 atom stereocenters. The Bertz CT molecular complexity index is 427. The van der Waals surface area contributed by atoms with Gasteiger partial charge in [-0.2, -0.15) is 0 Å². The van der Waals surface area contributed by atoms with Crippen LogP contribution < -0.4 is 11.1 Å². The SMILES string of the molecule is NCc1ccccc1C(=O)NCCCCN1CCCC1. The molecule has 1 aliphatic heterocycles. The minimum absolute atomic E-state index is 0.00720. The minimum Gasteiger partial charge on any atom is -0.352 e. The number of unbranched alkanes of at least 4 members (excludes halogenated alkanes) is 1. The van der Waals surface area contributed by atoms with E-state index in [4.69, 9.17) is 5.73 Å². The van der Waals surface area contributed by atoms with E-state index >= 15 is 0 Å². The smallest absolute Gasteiger partial charge is 0.251 e. The average molecular weight is 275 g/mol. The molecule has 20 heavy (non-hydrogen) atoms. The Morgan fingerprint density at radius 3 is 2.70 bits per heavy atom. The van der Waals surface area contributed by atoms with E-state index in [0.29, 0.717) is 12.1 Å². The predicted molar refractivity (Wildman–Crippen MR) is 81.6 cm³/mol. The molecule has 2 rings (SSSR count). The summed E-state index contributed by atoms with van der Waals surface area (Å²) < 4.78 is 0. The highest BCUT2D eigenvalue weighted by molar-refractivity contribution is 5.95. The highest BCUT2D eigenvalue weighted by Gasteiger charge is 2.11. The standard InChI is InChI=1S/C16H25N3O/c17-13-14-7-1-2-8-15(14)16(20)18-9-3-4-10-19-11-5-6-12-19/h1-2,7-8H,3-6,9-13,17H2,(H,18,20). The third kappa shape index (κ3) is 4.32. The summed E-state index contributed by atoms with van der Waals surface area (Å²) in [7, 11) is 0. The molecule has 1 saturated heterocycles. The van der Waals surface area contributed by atoms with Gasteiger partial charge in [0, 0.05) is 18.7 Å². The van der Waals surface area contributed by atoms with E-state index in [9.17, 15) is 4.79 Å². The summed E-state index contributed by atoms with van der Waals surface area (Å²) in [5.74, 6) is -0.00720. The molecular formula is C16H25N3O. The average Bonchev–Trinajstić information content (AvgIpc) is 3.00. The van der Waals surface area contributed by atoms with Gasteiger partial charge in [-0.25, -0.2) is 0 Å². The fourth-order valence-electron chi connectivity index (χ4n) is 2.68. The lowest BCUT2D eigenvalue weighted by atomic mass is 10.1. The summed E-state index contributed by atoms with van der Waals surface area (Å²) in [6.07, 6.45) is 4.87. The number of hydrogen-bond acceptors (Lipinski definition) is 3. The quantitative estimate of drug-likeness (QED) is 0.745. The first-order valence-electron chi connectivity index (χ1n) is 7.60. The van der Waals surface area contributed by atoms with Crippen molar-refractivity contribution in [2.24, 2.45) is 5.73 Å². The van der Waals surface area contributed by atoms with Gasteiger partial charge in [0.2, 0.25) is 0 Å². The van der Waals surface area contributed by atoms with Crippen molar-refractivity contribution in [1.82, 2.24) is 10.2 Å². The highest BCUT2D eigenvalue weighted by Crippen LogP contribution is 2.09. The Balaban J connectivity index is 1.67. The fourth-order valence-corrected chi connectivity index (χ4v) is 2.68. The molecule has 1 aromatic carbocycles. The summed E-state index contributed by atoms with van der Waals surface area (Å²) in [5, 5.41) is 2.99. The number of nitrogens with two attached hydrogens (primary N) is 1. The molecule has 0 radical (unpaired) electrons. The largest absolute Gasteiger partial charge is 0.352 e. The molecule has 0 saturated carbocycles. The maximum atomic E-state index is 12.1. The Morgan fingerprint density at radius 2 is 1.95 bits per heavy atom. The van der Waals surface area contributed by atoms with Crippen molar-refractivity contribution < 1.29 is 4.79 Å². The molecule has 0 aromatic heterocycles. The predicted octanol–water partition coefficient (Wildman–Crippen LogP) is 1.75. The van der Waals surface area contributed by atoms with Crippen molar-refractivity contribution in [3.8, 4) is 0 Å². The van der Waals surface area contributed by atoms with E-state index in [1.165, 1.54) is 25.9 Å². The third-order valence-corrected chi connectivity index (χ3v) is 3.87. The van der Waals surface area contributed by atoms with Gasteiger partial charge in [-0.3, -0.25) is 4.79 Å². The zero-order valence-electron chi connectivity index (χ0n) is 12.1. The molecule has 1 heterocycles. The Morgan fingerprint density at radius 1 is 1.20 bits per heavy atom. The number of nitrogens with zero attached hydrogens (tertiary/aromatic N) is 1. The zero-order valence-corrected chi connectivity index (χ0v) is 12.1. The van der Waals surface area contributed by atoms with Crippen LogP contribution in [0.1, 0.15) is 41.6 Å². The van der Waals surface area contributed by atoms with Gasteiger partial charge in [-0.1, -0.05) is 18.2 Å². The molecule has 0 unspecified atom stereocenters. The van der Waals surface area contributed by atoms with E-state index in [2.05, 4.69) is 10.2 Å². The van der Waals surface area contributed by atoms with Gasteiger partial charge in [0.1, 0.15) is 0 Å². The van der Waals surface area contributed by atoms with Crippen LogP contribution in [-0.2, 0) is 6.54 Å². The monoisotopic (exact) mass is 275 g/mol. The summed E-state index contributed by atoms with van der Waals surface area (Å²) in [4.78, 5) is 14.6. The van der Waals surface area contributed by atoms with Gasteiger partial charge in [0.05, 0.1) is 0 Å². The van der Waals surface area contributed by atoms with Gasteiger partial charge in [0.15, 0.2) is 0 Å². The number of rotatable bonds is 7. The van der Waals surface area contributed by atoms with E-state index in [-0.39, 0.29) is 5.91 Å². The summed E-state index contributed by atoms with van der Waals surface area (Å²) in [6, 6.07) is 7.53. The summed E-state index contributed by atoms with van der Waals surface area (Å²) in [6.45, 7) is 4.80.